The normalized spacial score (nSPS) is 12.1. The molecule has 0 aromatic heterocycles. The average molecular weight is 334 g/mol. The minimum atomic E-state index is 0.190. The van der Waals surface area contributed by atoms with Crippen LogP contribution in [0.15, 0.2) is 59.1 Å². The summed E-state index contributed by atoms with van der Waals surface area (Å²) in [6.45, 7) is 0.720. The number of nitrogens with two attached hydrogens (primary N) is 1. The van der Waals surface area contributed by atoms with E-state index in [1.54, 1.807) is 0 Å². The Morgan fingerprint density at radius 1 is 1.00 bits per heavy atom. The van der Waals surface area contributed by atoms with Gasteiger partial charge in [0, 0.05) is 10.5 Å². The van der Waals surface area contributed by atoms with Gasteiger partial charge in [0.15, 0.2) is 0 Å². The van der Waals surface area contributed by atoms with E-state index in [1.165, 1.54) is 5.56 Å². The van der Waals surface area contributed by atoms with Crippen LogP contribution in [0, 0.1) is 0 Å². The number of para-hydroxylation sites is 1. The van der Waals surface area contributed by atoms with Crippen LogP contribution in [0.4, 0.5) is 0 Å². The third-order valence-corrected chi connectivity index (χ3v) is 3.67. The summed E-state index contributed by atoms with van der Waals surface area (Å²) in [6, 6.07) is 18.4. The highest BCUT2D eigenvalue weighted by atomic mass is 79.9. The third-order valence-electron chi connectivity index (χ3n) is 3.14. The van der Waals surface area contributed by atoms with Crippen LogP contribution < -0.4 is 10.5 Å². The van der Waals surface area contributed by atoms with Crippen molar-refractivity contribution in [2.75, 3.05) is 6.61 Å². The lowest BCUT2D eigenvalue weighted by Crippen LogP contribution is -2.23. The van der Waals surface area contributed by atoms with Gasteiger partial charge < -0.3 is 10.5 Å². The summed E-state index contributed by atoms with van der Waals surface area (Å²) in [4.78, 5) is 0. The molecule has 0 radical (unpaired) electrons. The van der Waals surface area contributed by atoms with Gasteiger partial charge in [0.05, 0.1) is 6.61 Å². The Balaban J connectivity index is 1.65. The Morgan fingerprint density at radius 2 is 1.70 bits per heavy atom. The molecule has 2 nitrogen and oxygen atoms in total. The lowest BCUT2D eigenvalue weighted by Gasteiger charge is -2.12. The second kappa shape index (κ2) is 8.08. The van der Waals surface area contributed by atoms with Crippen LogP contribution in [0.1, 0.15) is 18.4 Å². The zero-order valence-electron chi connectivity index (χ0n) is 11.5. The van der Waals surface area contributed by atoms with E-state index in [0.717, 1.165) is 36.1 Å². The highest BCUT2D eigenvalue weighted by molar-refractivity contribution is 9.10. The molecule has 0 amide bonds. The first-order valence-corrected chi connectivity index (χ1v) is 7.71. The Bertz CT molecular complexity index is 498. The van der Waals surface area contributed by atoms with Crippen molar-refractivity contribution in [3.05, 3.63) is 64.6 Å². The summed E-state index contributed by atoms with van der Waals surface area (Å²) >= 11 is 3.44. The number of halogens is 1. The number of ether oxygens (including phenoxy) is 1. The third kappa shape index (κ3) is 5.35. The maximum Gasteiger partial charge on any atom is 0.119 e. The van der Waals surface area contributed by atoms with Gasteiger partial charge >= 0.3 is 0 Å². The molecule has 0 saturated carbocycles. The molecule has 2 rings (SSSR count). The van der Waals surface area contributed by atoms with Crippen molar-refractivity contribution in [2.45, 2.75) is 25.3 Å². The second-order valence-corrected chi connectivity index (χ2v) is 5.81. The molecule has 0 aliphatic carbocycles. The van der Waals surface area contributed by atoms with Gasteiger partial charge in [-0.1, -0.05) is 46.3 Å². The van der Waals surface area contributed by atoms with Crippen molar-refractivity contribution in [3.8, 4) is 5.75 Å². The summed E-state index contributed by atoms with van der Waals surface area (Å²) in [5.41, 5.74) is 7.44. The largest absolute Gasteiger partial charge is 0.494 e. The summed E-state index contributed by atoms with van der Waals surface area (Å²) in [5, 5.41) is 0. The van der Waals surface area contributed by atoms with E-state index in [-0.39, 0.29) is 6.04 Å². The van der Waals surface area contributed by atoms with Crippen LogP contribution >= 0.6 is 15.9 Å². The molecule has 2 N–H and O–H groups in total. The molecule has 2 aromatic rings. The summed E-state index contributed by atoms with van der Waals surface area (Å²) < 4.78 is 6.76. The molecule has 0 aliphatic heterocycles. The lowest BCUT2D eigenvalue weighted by atomic mass is 10.0. The zero-order valence-corrected chi connectivity index (χ0v) is 13.1. The Hall–Kier alpha value is -1.32. The highest BCUT2D eigenvalue weighted by Gasteiger charge is 2.04. The molecule has 0 aliphatic rings. The Labute approximate surface area is 129 Å². The van der Waals surface area contributed by atoms with E-state index >= 15 is 0 Å². The average Bonchev–Trinajstić information content (AvgIpc) is 2.47. The summed E-state index contributed by atoms with van der Waals surface area (Å²) in [6.07, 6.45) is 2.87. The van der Waals surface area contributed by atoms with Gasteiger partial charge in [-0.05, 0) is 49.1 Å². The van der Waals surface area contributed by atoms with E-state index in [9.17, 15) is 0 Å². The van der Waals surface area contributed by atoms with E-state index in [0.29, 0.717) is 0 Å². The number of hydrogen-bond acceptors (Lipinski definition) is 2. The number of benzene rings is 2. The van der Waals surface area contributed by atoms with Gasteiger partial charge in [-0.15, -0.1) is 0 Å². The minimum Gasteiger partial charge on any atom is -0.494 e. The van der Waals surface area contributed by atoms with Crippen molar-refractivity contribution in [3.63, 3.8) is 0 Å². The predicted octanol–water partition coefficient (Wildman–Crippen LogP) is 4.18. The predicted molar refractivity (Wildman–Crippen MR) is 87.0 cm³/mol. The van der Waals surface area contributed by atoms with Crippen molar-refractivity contribution < 1.29 is 4.74 Å². The van der Waals surface area contributed by atoms with Gasteiger partial charge in [0.1, 0.15) is 5.75 Å². The molecule has 2 aromatic carbocycles. The first-order valence-electron chi connectivity index (χ1n) is 6.92. The molecule has 0 heterocycles. The van der Waals surface area contributed by atoms with E-state index in [4.69, 9.17) is 10.5 Å². The van der Waals surface area contributed by atoms with Crippen LogP contribution in [0.25, 0.3) is 0 Å². The van der Waals surface area contributed by atoms with Gasteiger partial charge in [-0.25, -0.2) is 0 Å². The van der Waals surface area contributed by atoms with Crippen molar-refractivity contribution in [1.82, 2.24) is 0 Å². The fraction of sp³-hybridized carbons (Fsp3) is 0.294. The molecule has 0 bridgehead atoms. The van der Waals surface area contributed by atoms with Crippen LogP contribution in [0.3, 0.4) is 0 Å². The van der Waals surface area contributed by atoms with Gasteiger partial charge in [-0.3, -0.25) is 0 Å². The molecular formula is C17H20BrNO. The minimum absolute atomic E-state index is 0.190. The van der Waals surface area contributed by atoms with Crippen molar-refractivity contribution in [2.24, 2.45) is 5.73 Å². The Kier molecular flexibility index (Phi) is 6.09. The summed E-state index contributed by atoms with van der Waals surface area (Å²) in [7, 11) is 0. The SMILES string of the molecule is NC(CCCOc1ccccc1)Cc1ccc(Br)cc1. The van der Waals surface area contributed by atoms with Crippen LogP contribution in [-0.4, -0.2) is 12.6 Å². The fourth-order valence-electron chi connectivity index (χ4n) is 2.08. The van der Waals surface area contributed by atoms with Crippen molar-refractivity contribution in [1.29, 1.82) is 0 Å². The van der Waals surface area contributed by atoms with Gasteiger partial charge in [0.2, 0.25) is 0 Å². The van der Waals surface area contributed by atoms with Crippen LogP contribution in [-0.2, 0) is 6.42 Å². The molecule has 106 valence electrons. The topological polar surface area (TPSA) is 35.2 Å². The maximum absolute atomic E-state index is 6.16. The maximum atomic E-state index is 6.16. The highest BCUT2D eigenvalue weighted by Crippen LogP contribution is 2.13. The van der Waals surface area contributed by atoms with Gasteiger partial charge in [-0.2, -0.15) is 0 Å². The zero-order chi connectivity index (χ0) is 14.2. The van der Waals surface area contributed by atoms with E-state index < -0.39 is 0 Å². The monoisotopic (exact) mass is 333 g/mol. The molecule has 0 fully saturated rings. The first-order chi connectivity index (χ1) is 9.74. The van der Waals surface area contributed by atoms with E-state index in [1.807, 2.05) is 30.3 Å². The van der Waals surface area contributed by atoms with E-state index in [2.05, 4.69) is 40.2 Å². The molecular weight excluding hydrogens is 314 g/mol. The standard InChI is InChI=1S/C17H20BrNO/c18-15-10-8-14(9-11-15)13-16(19)5-4-12-20-17-6-2-1-3-7-17/h1-3,6-11,16H,4-5,12-13,19H2. The summed E-state index contributed by atoms with van der Waals surface area (Å²) in [5.74, 6) is 0.925. The molecule has 1 unspecified atom stereocenters. The quantitative estimate of drug-likeness (QED) is 0.771. The molecule has 3 heteroatoms. The molecule has 0 saturated heterocycles. The van der Waals surface area contributed by atoms with Crippen LogP contribution in [0.5, 0.6) is 5.75 Å². The molecule has 1 atom stereocenters. The van der Waals surface area contributed by atoms with Crippen molar-refractivity contribution >= 4 is 15.9 Å². The number of rotatable bonds is 7. The van der Waals surface area contributed by atoms with Crippen LogP contribution in [0.2, 0.25) is 0 Å². The molecule has 20 heavy (non-hydrogen) atoms. The Morgan fingerprint density at radius 3 is 2.40 bits per heavy atom. The van der Waals surface area contributed by atoms with Gasteiger partial charge in [0.25, 0.3) is 0 Å². The number of hydrogen-bond donors (Lipinski definition) is 1. The smallest absolute Gasteiger partial charge is 0.119 e. The fourth-order valence-corrected chi connectivity index (χ4v) is 2.34. The lowest BCUT2D eigenvalue weighted by molar-refractivity contribution is 0.301. The molecule has 0 spiro atoms. The first kappa shape index (κ1) is 15.1. The second-order valence-electron chi connectivity index (χ2n) is 4.89.